The van der Waals surface area contributed by atoms with Crippen molar-refractivity contribution in [3.63, 3.8) is 0 Å². The molecule has 4 rings (SSSR count). The first-order valence-corrected chi connectivity index (χ1v) is 8.82. The van der Waals surface area contributed by atoms with Crippen LogP contribution in [-0.2, 0) is 12.7 Å². The van der Waals surface area contributed by atoms with Crippen LogP contribution >= 0.6 is 0 Å². The van der Waals surface area contributed by atoms with Gasteiger partial charge in [0.2, 0.25) is 0 Å². The summed E-state index contributed by atoms with van der Waals surface area (Å²) in [4.78, 5) is 16.9. The zero-order valence-corrected chi connectivity index (χ0v) is 15.3. The lowest BCUT2D eigenvalue weighted by Gasteiger charge is -2.10. The first-order chi connectivity index (χ1) is 14.3. The molecule has 0 radical (unpaired) electrons. The highest BCUT2D eigenvalue weighted by atomic mass is 19.4. The minimum absolute atomic E-state index is 0.139. The quantitative estimate of drug-likeness (QED) is 0.463. The van der Waals surface area contributed by atoms with E-state index in [2.05, 4.69) is 10.1 Å². The van der Waals surface area contributed by atoms with E-state index in [-0.39, 0.29) is 35.7 Å². The van der Waals surface area contributed by atoms with E-state index in [1.807, 2.05) is 0 Å². The van der Waals surface area contributed by atoms with Gasteiger partial charge in [0.1, 0.15) is 29.9 Å². The van der Waals surface area contributed by atoms with Crippen LogP contribution in [0.1, 0.15) is 5.56 Å². The monoisotopic (exact) mass is 418 g/mol. The molecule has 0 unspecified atom stereocenters. The molecule has 0 atom stereocenters. The number of alkyl halides is 3. The largest absolute Gasteiger partial charge is 0.492 e. The second-order valence-electron chi connectivity index (χ2n) is 6.39. The SMILES string of the molecule is O=c1c2cnn(-c3cccc(C(F)(F)F)c3)c2ncn1CCOc1ccc(F)cc1. The smallest absolute Gasteiger partial charge is 0.416 e. The molecular formula is C20H14F4N4O2. The molecule has 0 aliphatic heterocycles. The van der Waals surface area contributed by atoms with Crippen LogP contribution in [0.25, 0.3) is 16.7 Å². The van der Waals surface area contributed by atoms with Crippen molar-refractivity contribution in [1.82, 2.24) is 19.3 Å². The maximum atomic E-state index is 13.0. The van der Waals surface area contributed by atoms with Crippen LogP contribution in [0, 0.1) is 5.82 Å². The summed E-state index contributed by atoms with van der Waals surface area (Å²) in [5.74, 6) is 0.0712. The third-order valence-corrected chi connectivity index (χ3v) is 4.39. The van der Waals surface area contributed by atoms with Crippen molar-refractivity contribution < 1.29 is 22.3 Å². The van der Waals surface area contributed by atoms with Crippen molar-refractivity contribution >= 4 is 11.0 Å². The summed E-state index contributed by atoms with van der Waals surface area (Å²) < 4.78 is 59.8. The predicted molar refractivity (Wildman–Crippen MR) is 100 cm³/mol. The average Bonchev–Trinajstić information content (AvgIpc) is 3.15. The summed E-state index contributed by atoms with van der Waals surface area (Å²) in [6.45, 7) is 0.314. The molecule has 0 aliphatic carbocycles. The molecule has 0 saturated carbocycles. The number of hydrogen-bond acceptors (Lipinski definition) is 4. The van der Waals surface area contributed by atoms with Gasteiger partial charge in [-0.1, -0.05) is 6.07 Å². The second kappa shape index (κ2) is 7.62. The number of aromatic nitrogens is 4. The Morgan fingerprint density at radius 2 is 1.83 bits per heavy atom. The van der Waals surface area contributed by atoms with Gasteiger partial charge in [0.05, 0.1) is 24.0 Å². The minimum Gasteiger partial charge on any atom is -0.492 e. The molecule has 2 aromatic heterocycles. The second-order valence-corrected chi connectivity index (χ2v) is 6.39. The molecule has 0 fully saturated rings. The van der Waals surface area contributed by atoms with Gasteiger partial charge in [0, 0.05) is 0 Å². The van der Waals surface area contributed by atoms with Gasteiger partial charge < -0.3 is 4.74 Å². The molecule has 0 aliphatic rings. The average molecular weight is 418 g/mol. The lowest BCUT2D eigenvalue weighted by atomic mass is 10.2. The van der Waals surface area contributed by atoms with E-state index in [1.54, 1.807) is 0 Å². The Kier molecular flexibility index (Phi) is 4.98. The zero-order chi connectivity index (χ0) is 21.3. The summed E-state index contributed by atoms with van der Waals surface area (Å²) >= 11 is 0. The van der Waals surface area contributed by atoms with Crippen LogP contribution in [0.2, 0.25) is 0 Å². The van der Waals surface area contributed by atoms with Crippen LogP contribution < -0.4 is 10.3 Å². The molecule has 0 bridgehead atoms. The van der Waals surface area contributed by atoms with Gasteiger partial charge in [-0.15, -0.1) is 0 Å². The number of halogens is 4. The molecule has 2 heterocycles. The summed E-state index contributed by atoms with van der Waals surface area (Å²) in [5, 5.41) is 4.20. The van der Waals surface area contributed by atoms with E-state index < -0.39 is 17.3 Å². The Morgan fingerprint density at radius 3 is 2.57 bits per heavy atom. The van der Waals surface area contributed by atoms with Gasteiger partial charge in [0.25, 0.3) is 5.56 Å². The lowest BCUT2D eigenvalue weighted by Crippen LogP contribution is -2.23. The van der Waals surface area contributed by atoms with Crippen LogP contribution in [0.5, 0.6) is 5.75 Å². The topological polar surface area (TPSA) is 61.9 Å². The molecule has 6 nitrogen and oxygen atoms in total. The van der Waals surface area contributed by atoms with Gasteiger partial charge >= 0.3 is 6.18 Å². The predicted octanol–water partition coefficient (Wildman–Crippen LogP) is 3.82. The molecule has 0 spiro atoms. The van der Waals surface area contributed by atoms with Crippen LogP contribution in [0.15, 0.2) is 65.8 Å². The van der Waals surface area contributed by atoms with Crippen molar-refractivity contribution in [2.75, 3.05) is 6.61 Å². The standard InChI is InChI=1S/C20H14F4N4O2/c21-14-4-6-16(7-5-14)30-9-8-27-12-25-18-17(19(27)29)11-26-28(18)15-3-1-2-13(10-15)20(22,23)24/h1-7,10-12H,8-9H2. The molecule has 4 aromatic rings. The first kappa shape index (κ1) is 19.6. The van der Waals surface area contributed by atoms with Gasteiger partial charge in [-0.05, 0) is 42.5 Å². The Bertz CT molecular complexity index is 1250. The zero-order valence-electron chi connectivity index (χ0n) is 15.3. The minimum atomic E-state index is -4.50. The molecule has 0 saturated heterocycles. The Labute approximate surface area is 167 Å². The molecular weight excluding hydrogens is 404 g/mol. The fourth-order valence-corrected chi connectivity index (χ4v) is 2.90. The number of hydrogen-bond donors (Lipinski definition) is 0. The molecule has 2 aromatic carbocycles. The summed E-state index contributed by atoms with van der Waals surface area (Å²) in [6.07, 6.45) is -1.95. The fraction of sp³-hybridized carbons (Fsp3) is 0.150. The maximum Gasteiger partial charge on any atom is 0.416 e. The van der Waals surface area contributed by atoms with Crippen molar-refractivity contribution in [3.8, 4) is 11.4 Å². The van der Waals surface area contributed by atoms with E-state index in [9.17, 15) is 22.4 Å². The highest BCUT2D eigenvalue weighted by Crippen LogP contribution is 2.30. The molecule has 10 heteroatoms. The van der Waals surface area contributed by atoms with Crippen molar-refractivity contribution in [2.24, 2.45) is 0 Å². The van der Waals surface area contributed by atoms with Crippen LogP contribution in [0.4, 0.5) is 17.6 Å². The number of ether oxygens (including phenoxy) is 1. The normalized spacial score (nSPS) is 11.7. The van der Waals surface area contributed by atoms with E-state index in [4.69, 9.17) is 4.74 Å². The first-order valence-electron chi connectivity index (χ1n) is 8.82. The third kappa shape index (κ3) is 3.88. The Hall–Kier alpha value is -3.69. The summed E-state index contributed by atoms with van der Waals surface area (Å²) in [7, 11) is 0. The fourth-order valence-electron chi connectivity index (χ4n) is 2.90. The summed E-state index contributed by atoms with van der Waals surface area (Å²) in [5.41, 5.74) is -0.935. The lowest BCUT2D eigenvalue weighted by molar-refractivity contribution is -0.137. The van der Waals surface area contributed by atoms with E-state index in [0.717, 1.165) is 12.1 Å². The molecule has 0 N–H and O–H groups in total. The Balaban J connectivity index is 1.57. The highest BCUT2D eigenvalue weighted by Gasteiger charge is 2.30. The van der Waals surface area contributed by atoms with E-state index in [0.29, 0.717) is 5.75 Å². The third-order valence-electron chi connectivity index (χ3n) is 4.39. The molecule has 30 heavy (non-hydrogen) atoms. The van der Waals surface area contributed by atoms with Crippen LogP contribution in [0.3, 0.4) is 0 Å². The summed E-state index contributed by atoms with van der Waals surface area (Å²) in [6, 6.07) is 10.1. The van der Waals surface area contributed by atoms with Gasteiger partial charge in [-0.3, -0.25) is 9.36 Å². The number of fused-ring (bicyclic) bond motifs is 1. The highest BCUT2D eigenvalue weighted by molar-refractivity contribution is 5.75. The number of benzene rings is 2. The molecule has 154 valence electrons. The number of rotatable bonds is 5. The van der Waals surface area contributed by atoms with Crippen LogP contribution in [-0.4, -0.2) is 25.9 Å². The van der Waals surface area contributed by atoms with E-state index in [1.165, 1.54) is 58.2 Å². The molecule has 0 amide bonds. The van der Waals surface area contributed by atoms with Gasteiger partial charge in [0.15, 0.2) is 5.65 Å². The van der Waals surface area contributed by atoms with Crippen molar-refractivity contribution in [1.29, 1.82) is 0 Å². The van der Waals surface area contributed by atoms with Crippen molar-refractivity contribution in [3.05, 3.63) is 82.8 Å². The van der Waals surface area contributed by atoms with E-state index >= 15 is 0 Å². The maximum absolute atomic E-state index is 13.0. The Morgan fingerprint density at radius 1 is 1.07 bits per heavy atom. The number of nitrogens with zero attached hydrogens (tertiary/aromatic N) is 4. The van der Waals surface area contributed by atoms with Gasteiger partial charge in [-0.2, -0.15) is 18.3 Å². The van der Waals surface area contributed by atoms with Gasteiger partial charge in [-0.25, -0.2) is 14.1 Å². The van der Waals surface area contributed by atoms with Crippen molar-refractivity contribution in [2.45, 2.75) is 12.7 Å².